The smallest absolute Gasteiger partial charge is 0.253 e. The van der Waals surface area contributed by atoms with Crippen molar-refractivity contribution >= 4 is 5.91 Å². The number of benzene rings is 2. The van der Waals surface area contributed by atoms with Gasteiger partial charge in [0.1, 0.15) is 23.8 Å². The normalized spacial score (nSPS) is 20.8. The van der Waals surface area contributed by atoms with Crippen molar-refractivity contribution in [1.82, 2.24) is 14.5 Å². The average molecular weight is 391 g/mol. The van der Waals surface area contributed by atoms with E-state index in [0.29, 0.717) is 31.8 Å². The van der Waals surface area contributed by atoms with E-state index in [4.69, 9.17) is 4.74 Å². The van der Waals surface area contributed by atoms with Gasteiger partial charge in [0.15, 0.2) is 0 Å². The lowest BCUT2D eigenvalue weighted by Crippen LogP contribution is -2.45. The monoisotopic (exact) mass is 391 g/mol. The molecule has 2 aliphatic heterocycles. The Morgan fingerprint density at radius 3 is 2.79 bits per heavy atom. The molecule has 1 atom stereocenters. The van der Waals surface area contributed by atoms with E-state index in [1.165, 1.54) is 12.1 Å². The van der Waals surface area contributed by atoms with Crippen molar-refractivity contribution in [2.24, 2.45) is 0 Å². The Balaban J connectivity index is 1.39. The Morgan fingerprint density at radius 2 is 2.00 bits per heavy atom. The summed E-state index contributed by atoms with van der Waals surface area (Å²) in [6, 6.07) is 14.2. The summed E-state index contributed by atoms with van der Waals surface area (Å²) in [7, 11) is 0. The molecule has 3 aromatic rings. The lowest BCUT2D eigenvalue weighted by atomic mass is 10.0. The van der Waals surface area contributed by atoms with E-state index in [1.54, 1.807) is 12.1 Å². The molecular weight excluding hydrogens is 369 g/mol. The number of likely N-dealkylation sites (tertiary alicyclic amines) is 1. The summed E-state index contributed by atoms with van der Waals surface area (Å²) in [6.45, 7) is 4.26. The van der Waals surface area contributed by atoms with Crippen LogP contribution < -0.4 is 0 Å². The first-order valence-electron chi connectivity index (χ1n) is 9.83. The van der Waals surface area contributed by atoms with Crippen LogP contribution in [-0.2, 0) is 17.9 Å². The van der Waals surface area contributed by atoms with Crippen LogP contribution in [0, 0.1) is 12.7 Å². The van der Waals surface area contributed by atoms with Crippen LogP contribution in [-0.4, -0.2) is 39.0 Å². The fourth-order valence-electron chi connectivity index (χ4n) is 4.33. The first-order chi connectivity index (χ1) is 14.0. The van der Waals surface area contributed by atoms with E-state index in [1.807, 2.05) is 42.3 Å². The minimum atomic E-state index is -0.415. The summed E-state index contributed by atoms with van der Waals surface area (Å²) in [5, 5.41) is 0. The van der Waals surface area contributed by atoms with E-state index in [9.17, 15) is 9.18 Å². The second-order valence-corrected chi connectivity index (χ2v) is 7.97. The first kappa shape index (κ1) is 18.1. The van der Waals surface area contributed by atoms with Gasteiger partial charge in [-0.05, 0) is 55.3 Å². The standard InChI is InChI=1S/C23H22FN3O2/c1-16-3-2-4-18(11-16)22(28)26-10-9-23(14-26)15-27-20(12-25-21(27)13-29-23)17-5-7-19(24)8-6-17/h2-8,11-12H,9-10,13-15H2,1H3. The van der Waals surface area contributed by atoms with E-state index in [2.05, 4.69) is 9.55 Å². The van der Waals surface area contributed by atoms with Crippen LogP contribution in [0.4, 0.5) is 4.39 Å². The number of carbonyl (C=O) groups excluding carboxylic acids is 1. The highest BCUT2D eigenvalue weighted by atomic mass is 19.1. The maximum absolute atomic E-state index is 13.3. The summed E-state index contributed by atoms with van der Waals surface area (Å²) in [4.78, 5) is 19.3. The molecule has 3 heterocycles. The minimum absolute atomic E-state index is 0.0457. The number of hydrogen-bond donors (Lipinski definition) is 0. The Labute approximate surface area is 168 Å². The number of ether oxygens (including phenoxy) is 1. The maximum Gasteiger partial charge on any atom is 0.253 e. The van der Waals surface area contributed by atoms with E-state index in [-0.39, 0.29) is 11.7 Å². The second kappa shape index (κ2) is 6.81. The van der Waals surface area contributed by atoms with Gasteiger partial charge < -0.3 is 14.2 Å². The molecular formula is C23H22FN3O2. The van der Waals surface area contributed by atoms with Gasteiger partial charge in [0.2, 0.25) is 0 Å². The fraction of sp³-hybridized carbons (Fsp3) is 0.304. The third kappa shape index (κ3) is 3.23. The summed E-state index contributed by atoms with van der Waals surface area (Å²) in [6.07, 6.45) is 2.60. The number of halogens is 1. The molecule has 0 aliphatic carbocycles. The molecule has 1 aromatic heterocycles. The Hall–Kier alpha value is -2.99. The van der Waals surface area contributed by atoms with Gasteiger partial charge >= 0.3 is 0 Å². The fourth-order valence-corrected chi connectivity index (χ4v) is 4.33. The molecule has 2 aliphatic rings. The first-order valence-corrected chi connectivity index (χ1v) is 9.83. The number of carbonyl (C=O) groups is 1. The highest BCUT2D eigenvalue weighted by Gasteiger charge is 2.44. The van der Waals surface area contributed by atoms with Gasteiger partial charge in [0.05, 0.1) is 25.0 Å². The van der Waals surface area contributed by atoms with Gasteiger partial charge in [0.25, 0.3) is 5.91 Å². The second-order valence-electron chi connectivity index (χ2n) is 7.97. The van der Waals surface area contributed by atoms with Gasteiger partial charge in [-0.3, -0.25) is 4.79 Å². The third-order valence-corrected chi connectivity index (χ3v) is 5.90. The van der Waals surface area contributed by atoms with Gasteiger partial charge in [-0.1, -0.05) is 17.7 Å². The topological polar surface area (TPSA) is 47.4 Å². The van der Waals surface area contributed by atoms with Crippen molar-refractivity contribution < 1.29 is 13.9 Å². The molecule has 29 heavy (non-hydrogen) atoms. The molecule has 1 spiro atoms. The molecule has 5 rings (SSSR count). The number of fused-ring (bicyclic) bond motifs is 1. The van der Waals surface area contributed by atoms with Crippen LogP contribution in [0.25, 0.3) is 11.3 Å². The predicted octanol–water partition coefficient (Wildman–Crippen LogP) is 3.81. The van der Waals surface area contributed by atoms with E-state index in [0.717, 1.165) is 29.1 Å². The number of rotatable bonds is 2. The summed E-state index contributed by atoms with van der Waals surface area (Å²) < 4.78 is 21.7. The molecule has 1 saturated heterocycles. The number of aromatic nitrogens is 2. The molecule has 0 bridgehead atoms. The highest BCUT2D eigenvalue weighted by Crippen LogP contribution is 2.35. The van der Waals surface area contributed by atoms with Crippen molar-refractivity contribution in [1.29, 1.82) is 0 Å². The third-order valence-electron chi connectivity index (χ3n) is 5.90. The van der Waals surface area contributed by atoms with Crippen LogP contribution in [0.3, 0.4) is 0 Å². The molecule has 0 N–H and O–H groups in total. The number of amides is 1. The number of hydrogen-bond acceptors (Lipinski definition) is 3. The molecule has 2 aromatic carbocycles. The van der Waals surface area contributed by atoms with Crippen molar-refractivity contribution in [2.75, 3.05) is 13.1 Å². The zero-order valence-electron chi connectivity index (χ0n) is 16.3. The number of nitrogens with zero attached hydrogens (tertiary/aromatic N) is 3. The molecule has 0 radical (unpaired) electrons. The van der Waals surface area contributed by atoms with Crippen molar-refractivity contribution in [3.8, 4) is 11.3 Å². The molecule has 5 nitrogen and oxygen atoms in total. The molecule has 1 unspecified atom stereocenters. The Bertz CT molecular complexity index is 1080. The van der Waals surface area contributed by atoms with Gasteiger partial charge in [-0.25, -0.2) is 9.37 Å². The Kier molecular flexibility index (Phi) is 4.24. The van der Waals surface area contributed by atoms with Crippen LogP contribution in [0.1, 0.15) is 28.2 Å². The van der Waals surface area contributed by atoms with Crippen molar-refractivity contribution in [3.63, 3.8) is 0 Å². The number of aryl methyl sites for hydroxylation is 1. The van der Waals surface area contributed by atoms with Crippen LogP contribution >= 0.6 is 0 Å². The lowest BCUT2D eigenvalue weighted by molar-refractivity contribution is -0.0804. The van der Waals surface area contributed by atoms with Gasteiger partial charge in [-0.15, -0.1) is 0 Å². The van der Waals surface area contributed by atoms with Gasteiger partial charge in [0, 0.05) is 12.1 Å². The van der Waals surface area contributed by atoms with Crippen LogP contribution in [0.5, 0.6) is 0 Å². The average Bonchev–Trinajstić information content (AvgIpc) is 3.33. The van der Waals surface area contributed by atoms with E-state index >= 15 is 0 Å². The van der Waals surface area contributed by atoms with Gasteiger partial charge in [-0.2, -0.15) is 0 Å². The molecule has 148 valence electrons. The van der Waals surface area contributed by atoms with Crippen molar-refractivity contribution in [3.05, 3.63) is 77.5 Å². The summed E-state index contributed by atoms with van der Waals surface area (Å²) >= 11 is 0. The SMILES string of the molecule is Cc1cccc(C(=O)N2CCC3(C2)Cn2c(-c4ccc(F)cc4)cnc2CO3)c1. The summed E-state index contributed by atoms with van der Waals surface area (Å²) in [5.41, 5.74) is 3.25. The lowest BCUT2D eigenvalue weighted by Gasteiger charge is -2.35. The zero-order valence-corrected chi connectivity index (χ0v) is 16.3. The number of imidazole rings is 1. The van der Waals surface area contributed by atoms with Crippen LogP contribution in [0.15, 0.2) is 54.7 Å². The predicted molar refractivity (Wildman–Crippen MR) is 107 cm³/mol. The largest absolute Gasteiger partial charge is 0.363 e. The maximum atomic E-state index is 13.3. The quantitative estimate of drug-likeness (QED) is 0.667. The van der Waals surface area contributed by atoms with Crippen molar-refractivity contribution in [2.45, 2.75) is 32.1 Å². The zero-order chi connectivity index (χ0) is 20.0. The molecule has 0 saturated carbocycles. The molecule has 1 amide bonds. The summed E-state index contributed by atoms with van der Waals surface area (Å²) in [5.74, 6) is 0.649. The molecule has 6 heteroatoms. The Morgan fingerprint density at radius 1 is 1.17 bits per heavy atom. The highest BCUT2D eigenvalue weighted by molar-refractivity contribution is 5.94. The minimum Gasteiger partial charge on any atom is -0.363 e. The molecule has 1 fully saturated rings. The van der Waals surface area contributed by atoms with Crippen LogP contribution in [0.2, 0.25) is 0 Å². The van der Waals surface area contributed by atoms with E-state index < -0.39 is 5.60 Å².